The normalized spacial score (nSPS) is 21.5. The summed E-state index contributed by atoms with van der Waals surface area (Å²) in [6, 6.07) is 1.09. The summed E-state index contributed by atoms with van der Waals surface area (Å²) >= 11 is 0. The highest BCUT2D eigenvalue weighted by atomic mass is 16.5. The minimum absolute atomic E-state index is 0.307. The van der Waals surface area contributed by atoms with E-state index in [1.807, 2.05) is 0 Å². The number of nitrogens with one attached hydrogen (secondary N) is 1. The van der Waals surface area contributed by atoms with Gasteiger partial charge in [-0.1, -0.05) is 0 Å². The maximum Gasteiger partial charge on any atom is 0.326 e. The van der Waals surface area contributed by atoms with Crippen molar-refractivity contribution in [1.82, 2.24) is 10.2 Å². The van der Waals surface area contributed by atoms with Gasteiger partial charge in [-0.2, -0.15) is 0 Å². The van der Waals surface area contributed by atoms with Crippen LogP contribution in [-0.2, 0) is 19.9 Å². The van der Waals surface area contributed by atoms with Crippen molar-refractivity contribution in [3.05, 3.63) is 23.2 Å². The molecule has 0 aromatic carbocycles. The Balaban J connectivity index is 2.24. The Bertz CT molecular complexity index is 634. The number of carbonyl (C=O) groups is 3. The Morgan fingerprint density at radius 1 is 1.41 bits per heavy atom. The fourth-order valence-electron chi connectivity index (χ4n) is 2.58. The highest BCUT2D eigenvalue weighted by Gasteiger charge is 2.51. The van der Waals surface area contributed by atoms with Crippen LogP contribution >= 0.6 is 0 Å². The van der Waals surface area contributed by atoms with Crippen LogP contribution in [0, 0.1) is 13.8 Å². The second-order valence-electron chi connectivity index (χ2n) is 5.81. The van der Waals surface area contributed by atoms with Gasteiger partial charge in [0.1, 0.15) is 23.6 Å². The Kier molecular flexibility index (Phi) is 4.00. The number of aryl methyl sites for hydroxylation is 2. The third kappa shape index (κ3) is 2.70. The van der Waals surface area contributed by atoms with Gasteiger partial charge in [-0.15, -0.1) is 0 Å². The molecule has 1 aromatic heterocycles. The van der Waals surface area contributed by atoms with E-state index in [4.69, 9.17) is 9.15 Å². The smallest absolute Gasteiger partial charge is 0.326 e. The number of carbonyl (C=O) groups excluding carboxylic acids is 3. The number of furan rings is 1. The molecule has 2 rings (SSSR count). The average Bonchev–Trinajstić information content (AvgIpc) is 2.82. The summed E-state index contributed by atoms with van der Waals surface area (Å²) in [7, 11) is 0. The number of amides is 3. The van der Waals surface area contributed by atoms with Gasteiger partial charge in [-0.25, -0.2) is 4.79 Å². The van der Waals surface area contributed by atoms with Crippen molar-refractivity contribution in [2.45, 2.75) is 46.3 Å². The molecule has 1 aliphatic rings. The Morgan fingerprint density at radius 3 is 2.55 bits per heavy atom. The van der Waals surface area contributed by atoms with E-state index >= 15 is 0 Å². The molecule has 1 unspecified atom stereocenters. The summed E-state index contributed by atoms with van der Waals surface area (Å²) in [5.74, 6) is 0.0821. The first-order chi connectivity index (χ1) is 10.1. The number of esters is 1. The molecule has 0 aliphatic carbocycles. The fourth-order valence-corrected chi connectivity index (χ4v) is 2.58. The van der Waals surface area contributed by atoms with Crippen molar-refractivity contribution in [3.63, 3.8) is 0 Å². The van der Waals surface area contributed by atoms with Crippen LogP contribution in [0.25, 0.3) is 0 Å². The molecule has 1 N–H and O–H groups in total. The quantitative estimate of drug-likeness (QED) is 0.674. The van der Waals surface area contributed by atoms with Gasteiger partial charge < -0.3 is 14.5 Å². The molecule has 0 spiro atoms. The predicted molar refractivity (Wildman–Crippen MR) is 77.0 cm³/mol. The van der Waals surface area contributed by atoms with Gasteiger partial charge in [-0.05, 0) is 40.7 Å². The van der Waals surface area contributed by atoms with Crippen molar-refractivity contribution < 1.29 is 23.5 Å². The van der Waals surface area contributed by atoms with Crippen LogP contribution in [-0.4, -0.2) is 35.5 Å². The second-order valence-corrected chi connectivity index (χ2v) is 5.81. The number of urea groups is 1. The first kappa shape index (κ1) is 16.1. The lowest BCUT2D eigenvalue weighted by molar-refractivity contribution is -0.150. The summed E-state index contributed by atoms with van der Waals surface area (Å²) in [5.41, 5.74) is -0.653. The lowest BCUT2D eigenvalue weighted by Crippen LogP contribution is -2.42. The van der Waals surface area contributed by atoms with Crippen molar-refractivity contribution in [1.29, 1.82) is 0 Å². The molecule has 2 heterocycles. The predicted octanol–water partition coefficient (Wildman–Crippen LogP) is 1.62. The molecule has 1 atom stereocenters. The van der Waals surface area contributed by atoms with Gasteiger partial charge in [0, 0.05) is 5.56 Å². The molecule has 120 valence electrons. The monoisotopic (exact) mass is 308 g/mol. The average molecular weight is 308 g/mol. The van der Waals surface area contributed by atoms with Crippen LogP contribution in [0.1, 0.15) is 37.9 Å². The fraction of sp³-hybridized carbons (Fsp3) is 0.533. The molecule has 0 bridgehead atoms. The summed E-state index contributed by atoms with van der Waals surface area (Å²) < 4.78 is 10.4. The molecule has 1 aromatic rings. The Morgan fingerprint density at radius 2 is 2.05 bits per heavy atom. The molecular weight excluding hydrogens is 288 g/mol. The van der Waals surface area contributed by atoms with E-state index in [9.17, 15) is 14.4 Å². The van der Waals surface area contributed by atoms with E-state index in [2.05, 4.69) is 5.32 Å². The minimum atomic E-state index is -1.24. The van der Waals surface area contributed by atoms with Gasteiger partial charge in [0.15, 0.2) is 0 Å². The largest absolute Gasteiger partial charge is 0.466 e. The van der Waals surface area contributed by atoms with E-state index < -0.39 is 30.0 Å². The summed E-state index contributed by atoms with van der Waals surface area (Å²) in [5, 5.41) is 2.63. The van der Waals surface area contributed by atoms with E-state index in [1.54, 1.807) is 40.7 Å². The Labute approximate surface area is 128 Å². The molecular formula is C15H20N2O5. The molecule has 1 fully saturated rings. The first-order valence-corrected chi connectivity index (χ1v) is 7.06. The minimum Gasteiger partial charge on any atom is -0.466 e. The maximum absolute atomic E-state index is 12.6. The maximum atomic E-state index is 12.6. The van der Waals surface area contributed by atoms with Crippen LogP contribution in [0.5, 0.6) is 0 Å². The molecule has 7 heteroatoms. The summed E-state index contributed by atoms with van der Waals surface area (Å²) in [6.45, 7) is 8.07. The zero-order valence-corrected chi connectivity index (χ0v) is 13.4. The van der Waals surface area contributed by atoms with Crippen LogP contribution in [0.2, 0.25) is 0 Å². The number of nitrogens with zero attached hydrogens (tertiary/aromatic N) is 1. The van der Waals surface area contributed by atoms with Gasteiger partial charge in [0.05, 0.1) is 6.10 Å². The Hall–Kier alpha value is -2.31. The molecule has 22 heavy (non-hydrogen) atoms. The number of imide groups is 1. The van der Waals surface area contributed by atoms with Crippen molar-refractivity contribution in [2.75, 3.05) is 6.54 Å². The molecule has 0 radical (unpaired) electrons. The number of hydrogen-bond acceptors (Lipinski definition) is 5. The third-order valence-corrected chi connectivity index (χ3v) is 3.51. The summed E-state index contributed by atoms with van der Waals surface area (Å²) in [4.78, 5) is 37.3. The zero-order valence-electron chi connectivity index (χ0n) is 13.4. The van der Waals surface area contributed by atoms with Crippen molar-refractivity contribution in [2.24, 2.45) is 0 Å². The van der Waals surface area contributed by atoms with Gasteiger partial charge in [-0.3, -0.25) is 14.5 Å². The number of ether oxygens (including phenoxy) is 1. The highest BCUT2D eigenvalue weighted by molar-refractivity contribution is 6.08. The lowest BCUT2D eigenvalue weighted by atomic mass is 9.92. The topological polar surface area (TPSA) is 88.9 Å². The number of hydrogen-bond donors (Lipinski definition) is 1. The standard InChI is InChI=1S/C15H20N2O5/c1-8(2)21-12(18)7-17-13(19)15(5,16-14(17)20)11-6-9(3)22-10(11)4/h6,8H,7H2,1-5H3,(H,16,20). The summed E-state index contributed by atoms with van der Waals surface area (Å²) in [6.07, 6.45) is -0.307. The molecule has 7 nitrogen and oxygen atoms in total. The van der Waals surface area contributed by atoms with E-state index in [0.29, 0.717) is 17.1 Å². The van der Waals surface area contributed by atoms with Gasteiger partial charge >= 0.3 is 12.0 Å². The van der Waals surface area contributed by atoms with Gasteiger partial charge in [0.25, 0.3) is 5.91 Å². The van der Waals surface area contributed by atoms with Crippen molar-refractivity contribution >= 4 is 17.9 Å². The SMILES string of the molecule is Cc1cc(C2(C)NC(=O)N(CC(=O)OC(C)C)C2=O)c(C)o1. The zero-order chi connectivity index (χ0) is 16.7. The third-order valence-electron chi connectivity index (χ3n) is 3.51. The second kappa shape index (κ2) is 5.47. The molecule has 1 aliphatic heterocycles. The van der Waals surface area contributed by atoms with Crippen LogP contribution in [0.3, 0.4) is 0 Å². The van der Waals surface area contributed by atoms with E-state index in [0.717, 1.165) is 4.90 Å². The molecule has 3 amide bonds. The first-order valence-electron chi connectivity index (χ1n) is 7.06. The van der Waals surface area contributed by atoms with E-state index in [-0.39, 0.29) is 6.10 Å². The molecule has 1 saturated heterocycles. The highest BCUT2D eigenvalue weighted by Crippen LogP contribution is 2.32. The lowest BCUT2D eigenvalue weighted by Gasteiger charge is -2.21. The van der Waals surface area contributed by atoms with Crippen LogP contribution < -0.4 is 5.32 Å². The van der Waals surface area contributed by atoms with Crippen LogP contribution in [0.15, 0.2) is 10.5 Å². The molecule has 0 saturated carbocycles. The number of rotatable bonds is 4. The van der Waals surface area contributed by atoms with Crippen LogP contribution in [0.4, 0.5) is 4.79 Å². The van der Waals surface area contributed by atoms with Gasteiger partial charge in [0.2, 0.25) is 0 Å². The van der Waals surface area contributed by atoms with E-state index in [1.165, 1.54) is 0 Å². The van der Waals surface area contributed by atoms with Crippen molar-refractivity contribution in [3.8, 4) is 0 Å².